The first-order valence-corrected chi connectivity index (χ1v) is 9.28. The number of methoxy groups -OCH3 is 1. The fourth-order valence-corrected chi connectivity index (χ4v) is 2.92. The van der Waals surface area contributed by atoms with Crippen molar-refractivity contribution in [2.75, 3.05) is 12.4 Å². The Hall–Kier alpha value is -3.65. The normalized spacial score (nSPS) is 10.9. The SMILES string of the molecule is COc1ccc(CNc2nc3nc(CNCc4ccccc4)cc(O)n3n2)cc1. The highest BCUT2D eigenvalue weighted by Gasteiger charge is 2.10. The lowest BCUT2D eigenvalue weighted by Crippen LogP contribution is -2.14. The molecule has 29 heavy (non-hydrogen) atoms. The van der Waals surface area contributed by atoms with Crippen molar-refractivity contribution in [1.82, 2.24) is 24.9 Å². The van der Waals surface area contributed by atoms with Crippen molar-refractivity contribution in [2.24, 2.45) is 0 Å². The van der Waals surface area contributed by atoms with Crippen molar-refractivity contribution in [1.29, 1.82) is 0 Å². The highest BCUT2D eigenvalue weighted by molar-refractivity contribution is 5.41. The highest BCUT2D eigenvalue weighted by Crippen LogP contribution is 2.16. The van der Waals surface area contributed by atoms with Crippen LogP contribution in [-0.4, -0.2) is 31.8 Å². The molecule has 3 N–H and O–H groups in total. The maximum Gasteiger partial charge on any atom is 0.257 e. The van der Waals surface area contributed by atoms with E-state index in [0.29, 0.717) is 30.5 Å². The predicted molar refractivity (Wildman–Crippen MR) is 110 cm³/mol. The van der Waals surface area contributed by atoms with Gasteiger partial charge in [-0.25, -0.2) is 4.98 Å². The van der Waals surface area contributed by atoms with Crippen molar-refractivity contribution in [3.8, 4) is 11.6 Å². The van der Waals surface area contributed by atoms with Gasteiger partial charge >= 0.3 is 0 Å². The maximum atomic E-state index is 10.3. The molecule has 0 saturated heterocycles. The van der Waals surface area contributed by atoms with Gasteiger partial charge in [0.15, 0.2) is 0 Å². The predicted octanol–water partition coefficient (Wildman–Crippen LogP) is 2.74. The molecule has 0 radical (unpaired) electrons. The van der Waals surface area contributed by atoms with Crippen LogP contribution in [0.2, 0.25) is 0 Å². The maximum absolute atomic E-state index is 10.3. The summed E-state index contributed by atoms with van der Waals surface area (Å²) in [5.41, 5.74) is 2.94. The van der Waals surface area contributed by atoms with Crippen LogP contribution in [0.15, 0.2) is 60.7 Å². The molecule has 0 amide bonds. The van der Waals surface area contributed by atoms with Crippen molar-refractivity contribution < 1.29 is 9.84 Å². The highest BCUT2D eigenvalue weighted by atomic mass is 16.5. The van der Waals surface area contributed by atoms with E-state index in [9.17, 15) is 5.11 Å². The molecule has 2 heterocycles. The zero-order chi connectivity index (χ0) is 20.1. The third-order valence-electron chi connectivity index (χ3n) is 4.43. The van der Waals surface area contributed by atoms with E-state index in [-0.39, 0.29) is 5.88 Å². The van der Waals surface area contributed by atoms with Gasteiger partial charge < -0.3 is 20.5 Å². The van der Waals surface area contributed by atoms with E-state index in [1.165, 1.54) is 10.1 Å². The fraction of sp³-hybridized carbons (Fsp3) is 0.190. The summed E-state index contributed by atoms with van der Waals surface area (Å²) in [4.78, 5) is 8.84. The Labute approximate surface area is 168 Å². The Bertz CT molecular complexity index is 1080. The lowest BCUT2D eigenvalue weighted by molar-refractivity contribution is 0.414. The molecule has 0 spiro atoms. The zero-order valence-corrected chi connectivity index (χ0v) is 16.0. The number of aromatic nitrogens is 4. The molecule has 0 aliphatic carbocycles. The smallest absolute Gasteiger partial charge is 0.257 e. The monoisotopic (exact) mass is 390 g/mol. The van der Waals surface area contributed by atoms with Crippen molar-refractivity contribution in [3.05, 3.63) is 77.5 Å². The molecule has 148 valence electrons. The largest absolute Gasteiger partial charge is 0.497 e. The number of benzene rings is 2. The quantitative estimate of drug-likeness (QED) is 0.426. The van der Waals surface area contributed by atoms with Crippen LogP contribution in [0.5, 0.6) is 11.6 Å². The lowest BCUT2D eigenvalue weighted by atomic mass is 10.2. The third-order valence-corrected chi connectivity index (χ3v) is 4.43. The van der Waals surface area contributed by atoms with Crippen LogP contribution in [0, 0.1) is 0 Å². The standard InChI is InChI=1S/C21H22N6O2/c1-29-18-9-7-16(8-10-18)13-23-20-25-21-24-17(11-19(28)27(21)26-20)14-22-12-15-5-3-2-4-6-15/h2-11,22,28H,12-14H2,1H3,(H,23,26). The number of hydrogen-bond donors (Lipinski definition) is 3. The summed E-state index contributed by atoms with van der Waals surface area (Å²) in [7, 11) is 1.64. The zero-order valence-electron chi connectivity index (χ0n) is 16.0. The van der Waals surface area contributed by atoms with Crippen LogP contribution in [0.3, 0.4) is 0 Å². The minimum absolute atomic E-state index is 0.00323. The molecule has 0 fully saturated rings. The van der Waals surface area contributed by atoms with E-state index in [4.69, 9.17) is 4.74 Å². The van der Waals surface area contributed by atoms with E-state index in [1.807, 2.05) is 42.5 Å². The lowest BCUT2D eigenvalue weighted by Gasteiger charge is -2.05. The van der Waals surface area contributed by atoms with Gasteiger partial charge in [-0.3, -0.25) is 0 Å². The number of fused-ring (bicyclic) bond motifs is 1. The van der Waals surface area contributed by atoms with Crippen LogP contribution >= 0.6 is 0 Å². The van der Waals surface area contributed by atoms with Gasteiger partial charge in [0.2, 0.25) is 11.8 Å². The second kappa shape index (κ2) is 8.57. The Kier molecular flexibility index (Phi) is 5.53. The van der Waals surface area contributed by atoms with E-state index in [1.54, 1.807) is 13.2 Å². The molecule has 0 atom stereocenters. The van der Waals surface area contributed by atoms with Crippen LogP contribution in [-0.2, 0) is 19.6 Å². The molecule has 0 saturated carbocycles. The summed E-state index contributed by atoms with van der Waals surface area (Å²) in [6.07, 6.45) is 0. The summed E-state index contributed by atoms with van der Waals surface area (Å²) in [5.74, 6) is 1.55. The number of nitrogens with zero attached hydrogens (tertiary/aromatic N) is 4. The summed E-state index contributed by atoms with van der Waals surface area (Å²) < 4.78 is 6.48. The third kappa shape index (κ3) is 4.61. The molecule has 8 nitrogen and oxygen atoms in total. The van der Waals surface area contributed by atoms with Crippen LogP contribution in [0.1, 0.15) is 16.8 Å². The molecule has 8 heteroatoms. The average Bonchev–Trinajstić information content (AvgIpc) is 3.17. The van der Waals surface area contributed by atoms with Crippen LogP contribution < -0.4 is 15.4 Å². The number of nitrogens with one attached hydrogen (secondary N) is 2. The van der Waals surface area contributed by atoms with Crippen molar-refractivity contribution >= 4 is 11.7 Å². The molecule has 0 aliphatic heterocycles. The number of ether oxygens (including phenoxy) is 1. The first-order valence-electron chi connectivity index (χ1n) is 9.28. The summed E-state index contributed by atoms with van der Waals surface area (Å²) in [6, 6.07) is 19.4. The minimum atomic E-state index is -0.00323. The van der Waals surface area contributed by atoms with Gasteiger partial charge in [-0.15, -0.1) is 5.10 Å². The second-order valence-corrected chi connectivity index (χ2v) is 6.54. The van der Waals surface area contributed by atoms with Crippen LogP contribution in [0.4, 0.5) is 5.95 Å². The van der Waals surface area contributed by atoms with E-state index in [0.717, 1.165) is 17.9 Å². The Morgan fingerprint density at radius 3 is 2.45 bits per heavy atom. The molecule has 0 unspecified atom stereocenters. The minimum Gasteiger partial charge on any atom is -0.497 e. The van der Waals surface area contributed by atoms with Crippen LogP contribution in [0.25, 0.3) is 5.78 Å². The Balaban J connectivity index is 1.40. The topological polar surface area (TPSA) is 96.6 Å². The molecule has 0 bridgehead atoms. The van der Waals surface area contributed by atoms with E-state index in [2.05, 4.69) is 37.8 Å². The Morgan fingerprint density at radius 2 is 1.69 bits per heavy atom. The van der Waals surface area contributed by atoms with Crippen molar-refractivity contribution in [3.63, 3.8) is 0 Å². The molecule has 0 aliphatic rings. The molecule has 2 aromatic carbocycles. The molecule has 2 aromatic heterocycles. The molecule has 4 aromatic rings. The molecular weight excluding hydrogens is 368 g/mol. The second-order valence-electron chi connectivity index (χ2n) is 6.54. The van der Waals surface area contributed by atoms with Gasteiger partial charge in [0, 0.05) is 25.7 Å². The van der Waals surface area contributed by atoms with Crippen molar-refractivity contribution in [2.45, 2.75) is 19.6 Å². The first kappa shape index (κ1) is 18.7. The molecule has 4 rings (SSSR count). The number of rotatable bonds is 8. The summed E-state index contributed by atoms with van der Waals surface area (Å²) in [6.45, 7) is 1.78. The number of aromatic hydroxyl groups is 1. The summed E-state index contributed by atoms with van der Waals surface area (Å²) in [5, 5.41) is 21.0. The Morgan fingerprint density at radius 1 is 0.931 bits per heavy atom. The van der Waals surface area contributed by atoms with E-state index < -0.39 is 0 Å². The van der Waals surface area contributed by atoms with Gasteiger partial charge in [0.25, 0.3) is 5.78 Å². The van der Waals surface area contributed by atoms with E-state index >= 15 is 0 Å². The average molecular weight is 390 g/mol. The number of anilines is 1. The van der Waals surface area contributed by atoms with Gasteiger partial charge in [-0.05, 0) is 23.3 Å². The van der Waals surface area contributed by atoms with Gasteiger partial charge in [-0.1, -0.05) is 42.5 Å². The van der Waals surface area contributed by atoms with Gasteiger partial charge in [0.05, 0.1) is 12.8 Å². The first-order chi connectivity index (χ1) is 14.2. The fourth-order valence-electron chi connectivity index (χ4n) is 2.92. The molecular formula is C21H22N6O2. The number of hydrogen-bond acceptors (Lipinski definition) is 7. The summed E-state index contributed by atoms with van der Waals surface area (Å²) >= 11 is 0. The van der Waals surface area contributed by atoms with Gasteiger partial charge in [0.1, 0.15) is 5.75 Å². The van der Waals surface area contributed by atoms with Gasteiger partial charge in [-0.2, -0.15) is 9.50 Å².